The maximum absolute atomic E-state index is 12.3. The van der Waals surface area contributed by atoms with Crippen LogP contribution in [0.5, 0.6) is 0 Å². The Morgan fingerprint density at radius 2 is 1.60 bits per heavy atom. The van der Waals surface area contributed by atoms with Gasteiger partial charge in [0.05, 0.1) is 0 Å². The molecule has 0 spiro atoms. The van der Waals surface area contributed by atoms with Crippen molar-refractivity contribution in [2.24, 2.45) is 0 Å². The maximum atomic E-state index is 12.3. The number of amides is 1. The lowest BCUT2D eigenvalue weighted by Gasteiger charge is -2.36. The molecule has 1 amide bonds. The second-order valence-electron chi connectivity index (χ2n) is 7.90. The molecule has 1 aromatic carbocycles. The second-order valence-corrected chi connectivity index (χ2v) is 7.90. The molecule has 2 aromatic rings. The van der Waals surface area contributed by atoms with E-state index < -0.39 is 0 Å². The van der Waals surface area contributed by atoms with Crippen LogP contribution in [0.2, 0.25) is 0 Å². The van der Waals surface area contributed by atoms with E-state index in [0.29, 0.717) is 6.54 Å². The Hall–Kier alpha value is -2.87. The van der Waals surface area contributed by atoms with Crippen LogP contribution in [0.1, 0.15) is 12.8 Å². The number of aromatic nitrogens is 2. The van der Waals surface area contributed by atoms with E-state index in [1.165, 1.54) is 29.3 Å². The Morgan fingerprint density at radius 1 is 0.900 bits per heavy atom. The van der Waals surface area contributed by atoms with Gasteiger partial charge >= 0.3 is 0 Å². The van der Waals surface area contributed by atoms with Crippen molar-refractivity contribution in [3.05, 3.63) is 52.8 Å². The molecular formula is C22H30N6O2. The van der Waals surface area contributed by atoms with Gasteiger partial charge < -0.3 is 20.0 Å². The molecule has 0 saturated carbocycles. The Labute approximate surface area is 177 Å². The number of likely N-dealkylation sites (tertiary alicyclic amines) is 1. The largest absolute Gasteiger partial charge is 0.368 e. The molecule has 2 saturated heterocycles. The van der Waals surface area contributed by atoms with Gasteiger partial charge in [-0.1, -0.05) is 18.2 Å². The van der Waals surface area contributed by atoms with E-state index in [1.807, 2.05) is 6.07 Å². The zero-order chi connectivity index (χ0) is 20.8. The molecule has 30 heavy (non-hydrogen) atoms. The molecule has 2 aliphatic rings. The van der Waals surface area contributed by atoms with Gasteiger partial charge in [-0.25, -0.2) is 4.68 Å². The zero-order valence-electron chi connectivity index (χ0n) is 17.4. The van der Waals surface area contributed by atoms with E-state index >= 15 is 0 Å². The summed E-state index contributed by atoms with van der Waals surface area (Å²) in [7, 11) is 0. The Bertz CT molecular complexity index is 886. The molecule has 0 unspecified atom stereocenters. The van der Waals surface area contributed by atoms with E-state index in [0.717, 1.165) is 51.6 Å². The van der Waals surface area contributed by atoms with Gasteiger partial charge in [-0.2, -0.15) is 5.10 Å². The number of para-hydroxylation sites is 1. The minimum atomic E-state index is -0.253. The number of rotatable bonds is 7. The van der Waals surface area contributed by atoms with Crippen LogP contribution in [-0.2, 0) is 11.3 Å². The first-order valence-electron chi connectivity index (χ1n) is 10.8. The molecule has 8 heteroatoms. The summed E-state index contributed by atoms with van der Waals surface area (Å²) < 4.78 is 1.27. The molecule has 0 aliphatic carbocycles. The van der Waals surface area contributed by atoms with E-state index in [1.54, 1.807) is 6.07 Å². The fraction of sp³-hybridized carbons (Fsp3) is 0.500. The third-order valence-electron chi connectivity index (χ3n) is 5.82. The van der Waals surface area contributed by atoms with Crippen LogP contribution in [-0.4, -0.2) is 72.9 Å². The molecule has 2 aliphatic heterocycles. The van der Waals surface area contributed by atoms with Crippen molar-refractivity contribution in [1.82, 2.24) is 20.0 Å². The predicted molar refractivity (Wildman–Crippen MR) is 118 cm³/mol. The molecular weight excluding hydrogens is 380 g/mol. The number of hydrogen-bond donors (Lipinski definition) is 1. The Kier molecular flexibility index (Phi) is 6.63. The third kappa shape index (κ3) is 5.18. The van der Waals surface area contributed by atoms with Crippen LogP contribution in [0.4, 0.5) is 11.5 Å². The van der Waals surface area contributed by atoms with Crippen molar-refractivity contribution in [3.63, 3.8) is 0 Å². The van der Waals surface area contributed by atoms with Crippen molar-refractivity contribution in [1.29, 1.82) is 0 Å². The summed E-state index contributed by atoms with van der Waals surface area (Å²) in [6.45, 7) is 7.06. The lowest BCUT2D eigenvalue weighted by atomic mass is 10.2. The number of anilines is 2. The first-order chi connectivity index (χ1) is 14.7. The zero-order valence-corrected chi connectivity index (χ0v) is 17.4. The van der Waals surface area contributed by atoms with Crippen molar-refractivity contribution in [2.45, 2.75) is 19.4 Å². The molecule has 1 aromatic heterocycles. The average Bonchev–Trinajstić information content (AvgIpc) is 3.30. The van der Waals surface area contributed by atoms with E-state index in [4.69, 9.17) is 0 Å². The van der Waals surface area contributed by atoms with Crippen molar-refractivity contribution in [3.8, 4) is 0 Å². The van der Waals surface area contributed by atoms with Crippen LogP contribution in [0.3, 0.4) is 0 Å². The number of benzene rings is 1. The fourth-order valence-electron chi connectivity index (χ4n) is 4.10. The van der Waals surface area contributed by atoms with Gasteiger partial charge in [0, 0.05) is 51.0 Å². The SMILES string of the molecule is O=C(Cn1nc(N2CCN(c3ccccc3)CC2)ccc1=O)NCCN1CCCC1. The molecule has 3 heterocycles. The van der Waals surface area contributed by atoms with Crippen LogP contribution < -0.4 is 20.7 Å². The van der Waals surface area contributed by atoms with Crippen LogP contribution in [0.25, 0.3) is 0 Å². The topological polar surface area (TPSA) is 73.7 Å². The van der Waals surface area contributed by atoms with Crippen molar-refractivity contribution in [2.75, 3.05) is 62.2 Å². The van der Waals surface area contributed by atoms with Crippen molar-refractivity contribution < 1.29 is 4.79 Å². The highest BCUT2D eigenvalue weighted by atomic mass is 16.2. The summed E-state index contributed by atoms with van der Waals surface area (Å²) in [5.41, 5.74) is 0.969. The Morgan fingerprint density at radius 3 is 2.33 bits per heavy atom. The number of piperazine rings is 1. The summed E-state index contributed by atoms with van der Waals surface area (Å²) >= 11 is 0. The second kappa shape index (κ2) is 9.75. The predicted octanol–water partition coefficient (Wildman–Crippen LogP) is 0.782. The summed E-state index contributed by atoms with van der Waals surface area (Å²) in [5, 5.41) is 7.37. The van der Waals surface area contributed by atoms with Gasteiger partial charge in [0.25, 0.3) is 5.56 Å². The number of nitrogens with one attached hydrogen (secondary N) is 1. The standard InChI is InChI=1S/C22H30N6O2/c29-21(23-10-13-25-11-4-5-12-25)18-28-22(30)9-8-20(24-28)27-16-14-26(15-17-27)19-6-2-1-3-7-19/h1-3,6-9H,4-5,10-18H2,(H,23,29). The minimum Gasteiger partial charge on any atom is -0.368 e. The first kappa shape index (κ1) is 20.4. The highest BCUT2D eigenvalue weighted by molar-refractivity contribution is 5.75. The third-order valence-corrected chi connectivity index (χ3v) is 5.82. The van der Waals surface area contributed by atoms with Crippen molar-refractivity contribution >= 4 is 17.4 Å². The van der Waals surface area contributed by atoms with Gasteiger partial charge in [-0.15, -0.1) is 0 Å². The molecule has 0 radical (unpaired) electrons. The average molecular weight is 411 g/mol. The lowest BCUT2D eigenvalue weighted by Crippen LogP contribution is -2.47. The monoisotopic (exact) mass is 410 g/mol. The summed E-state index contributed by atoms with van der Waals surface area (Å²) in [4.78, 5) is 31.3. The molecule has 0 bridgehead atoms. The molecule has 0 atom stereocenters. The summed E-state index contributed by atoms with van der Waals surface area (Å²) in [5.74, 6) is 0.571. The van der Waals surface area contributed by atoms with E-state index in [2.05, 4.69) is 49.4 Å². The van der Waals surface area contributed by atoms with Gasteiger partial charge in [0.1, 0.15) is 12.4 Å². The number of nitrogens with zero attached hydrogens (tertiary/aromatic N) is 5. The first-order valence-corrected chi connectivity index (χ1v) is 10.8. The number of carbonyl (C=O) groups is 1. The van der Waals surface area contributed by atoms with Crippen LogP contribution >= 0.6 is 0 Å². The number of hydrogen-bond acceptors (Lipinski definition) is 6. The van der Waals surface area contributed by atoms with E-state index in [9.17, 15) is 9.59 Å². The molecule has 8 nitrogen and oxygen atoms in total. The van der Waals surface area contributed by atoms with Gasteiger partial charge in [0.15, 0.2) is 0 Å². The van der Waals surface area contributed by atoms with E-state index in [-0.39, 0.29) is 18.0 Å². The maximum Gasteiger partial charge on any atom is 0.267 e. The van der Waals surface area contributed by atoms with Gasteiger partial charge in [-0.3, -0.25) is 9.59 Å². The van der Waals surface area contributed by atoms with Crippen LogP contribution in [0, 0.1) is 0 Å². The normalized spacial score (nSPS) is 17.3. The summed E-state index contributed by atoms with van der Waals surface area (Å²) in [6, 6.07) is 13.6. The highest BCUT2D eigenvalue weighted by Crippen LogP contribution is 2.18. The summed E-state index contributed by atoms with van der Waals surface area (Å²) in [6.07, 6.45) is 2.47. The minimum absolute atomic E-state index is 0.0450. The quantitative estimate of drug-likeness (QED) is 0.727. The lowest BCUT2D eigenvalue weighted by molar-refractivity contribution is -0.121. The Balaban J connectivity index is 1.30. The fourth-order valence-corrected chi connectivity index (χ4v) is 4.10. The van der Waals surface area contributed by atoms with Crippen LogP contribution in [0.15, 0.2) is 47.3 Å². The molecule has 2 fully saturated rings. The molecule has 4 rings (SSSR count). The molecule has 1 N–H and O–H groups in total. The molecule has 160 valence electrons. The smallest absolute Gasteiger partial charge is 0.267 e. The van der Waals surface area contributed by atoms with Gasteiger partial charge in [-0.05, 0) is 44.1 Å². The number of carbonyl (C=O) groups excluding carboxylic acids is 1. The van der Waals surface area contributed by atoms with Gasteiger partial charge in [0.2, 0.25) is 5.91 Å². The highest BCUT2D eigenvalue weighted by Gasteiger charge is 2.19.